The van der Waals surface area contributed by atoms with E-state index in [1.54, 1.807) is 60.7 Å². The van der Waals surface area contributed by atoms with E-state index in [0.717, 1.165) is 11.1 Å². The largest absolute Gasteiger partial charge is 0.504 e. The standard InChI is InChI=1S/C21H15N5O7S/c27-20-16(11-15(26(29)30)12-17(20)34(31,32)33)22-23-19-18(13-7-3-1-4-8-13)24-25(21(19)28)14-9-5-2-6-10-14/h1-12,19,27H,(H,31,32,33). The molecule has 3 aromatic carbocycles. The molecule has 0 bridgehead atoms. The van der Waals surface area contributed by atoms with Crippen LogP contribution in [0.15, 0.2) is 93.0 Å². The van der Waals surface area contributed by atoms with Crippen LogP contribution < -0.4 is 5.01 Å². The number of hydrogen-bond acceptors (Lipinski definition) is 9. The third-order valence-corrected chi connectivity index (χ3v) is 5.66. The van der Waals surface area contributed by atoms with Crippen molar-refractivity contribution in [3.63, 3.8) is 0 Å². The SMILES string of the molecule is O=C1C(N=Nc2cc([N+](=O)[O-])cc(S(=O)(=O)O)c2O)C(c2ccccc2)=NN1c1ccccc1. The Labute approximate surface area is 192 Å². The predicted molar refractivity (Wildman–Crippen MR) is 120 cm³/mol. The second kappa shape index (κ2) is 8.80. The molecule has 13 heteroatoms. The number of anilines is 1. The number of amides is 1. The number of para-hydroxylation sites is 1. The number of non-ortho nitro benzene ring substituents is 1. The van der Waals surface area contributed by atoms with Crippen molar-refractivity contribution in [2.45, 2.75) is 10.9 Å². The lowest BCUT2D eigenvalue weighted by molar-refractivity contribution is -0.385. The smallest absolute Gasteiger partial charge is 0.298 e. The second-order valence-corrected chi connectivity index (χ2v) is 8.39. The predicted octanol–water partition coefficient (Wildman–Crippen LogP) is 3.45. The molecular formula is C21H15N5O7S. The summed E-state index contributed by atoms with van der Waals surface area (Å²) in [5.74, 6) is -1.64. The number of carbonyl (C=O) groups excluding carboxylic acids is 1. The van der Waals surface area contributed by atoms with Crippen molar-refractivity contribution >= 4 is 38.8 Å². The minimum Gasteiger partial charge on any atom is -0.504 e. The summed E-state index contributed by atoms with van der Waals surface area (Å²) in [5, 5.41) is 34.6. The Kier molecular flexibility index (Phi) is 5.88. The molecule has 1 aliphatic heterocycles. The van der Waals surface area contributed by atoms with Crippen molar-refractivity contribution in [2.75, 3.05) is 5.01 Å². The van der Waals surface area contributed by atoms with Crippen LogP contribution in [-0.2, 0) is 14.9 Å². The van der Waals surface area contributed by atoms with Gasteiger partial charge in [-0.15, -0.1) is 0 Å². The molecule has 0 radical (unpaired) electrons. The summed E-state index contributed by atoms with van der Waals surface area (Å²) in [7, 11) is -5.01. The minimum absolute atomic E-state index is 0.220. The van der Waals surface area contributed by atoms with Gasteiger partial charge in [0.05, 0.1) is 10.6 Å². The van der Waals surface area contributed by atoms with Gasteiger partial charge in [0.2, 0.25) is 0 Å². The van der Waals surface area contributed by atoms with Crippen LogP contribution in [0.1, 0.15) is 5.56 Å². The Bertz CT molecular complexity index is 1440. The number of nitro groups is 1. The number of azo groups is 1. The Morgan fingerprint density at radius 3 is 2.24 bits per heavy atom. The highest BCUT2D eigenvalue weighted by atomic mass is 32.2. The van der Waals surface area contributed by atoms with Crippen molar-refractivity contribution in [3.8, 4) is 5.75 Å². The maximum absolute atomic E-state index is 13.1. The number of rotatable bonds is 6. The highest BCUT2D eigenvalue weighted by Gasteiger charge is 2.38. The quantitative estimate of drug-likeness (QED) is 0.234. The number of nitro benzene ring substituents is 1. The normalized spacial score (nSPS) is 16.1. The van der Waals surface area contributed by atoms with Gasteiger partial charge in [-0.05, 0) is 12.1 Å². The van der Waals surface area contributed by atoms with Gasteiger partial charge in [-0.25, -0.2) is 0 Å². The summed E-state index contributed by atoms with van der Waals surface area (Å²) in [6, 6.07) is 17.1. The van der Waals surface area contributed by atoms with E-state index in [-0.39, 0.29) is 5.71 Å². The molecule has 2 N–H and O–H groups in total. The molecule has 3 aromatic rings. The Hall–Kier alpha value is -4.49. The molecule has 4 rings (SSSR count). The number of nitrogens with zero attached hydrogens (tertiary/aromatic N) is 5. The van der Waals surface area contributed by atoms with Gasteiger partial charge in [0.25, 0.3) is 21.7 Å². The van der Waals surface area contributed by atoms with E-state index in [2.05, 4.69) is 15.3 Å². The first-order valence-electron chi connectivity index (χ1n) is 9.59. The van der Waals surface area contributed by atoms with E-state index >= 15 is 0 Å². The molecule has 172 valence electrons. The molecule has 12 nitrogen and oxygen atoms in total. The number of carbonyl (C=O) groups is 1. The van der Waals surface area contributed by atoms with Crippen LogP contribution in [0.3, 0.4) is 0 Å². The summed E-state index contributed by atoms with van der Waals surface area (Å²) in [6.45, 7) is 0. The van der Waals surface area contributed by atoms with Crippen LogP contribution in [0.2, 0.25) is 0 Å². The van der Waals surface area contributed by atoms with Crippen molar-refractivity contribution < 1.29 is 27.8 Å². The molecule has 1 heterocycles. The number of hydrogen-bond donors (Lipinski definition) is 2. The van der Waals surface area contributed by atoms with Gasteiger partial charge in [0.1, 0.15) is 16.3 Å². The molecule has 0 aromatic heterocycles. The van der Waals surface area contributed by atoms with Crippen LogP contribution in [0.5, 0.6) is 5.75 Å². The number of phenols is 1. The van der Waals surface area contributed by atoms with Gasteiger partial charge in [-0.2, -0.15) is 28.8 Å². The van der Waals surface area contributed by atoms with E-state index in [1.807, 2.05) is 0 Å². The van der Waals surface area contributed by atoms with Crippen molar-refractivity contribution in [3.05, 3.63) is 88.5 Å². The van der Waals surface area contributed by atoms with E-state index < -0.39 is 49.0 Å². The molecule has 1 unspecified atom stereocenters. The van der Waals surface area contributed by atoms with Gasteiger partial charge in [-0.3, -0.25) is 19.5 Å². The second-order valence-electron chi connectivity index (χ2n) is 7.00. The van der Waals surface area contributed by atoms with Crippen LogP contribution >= 0.6 is 0 Å². The zero-order valence-electron chi connectivity index (χ0n) is 17.1. The van der Waals surface area contributed by atoms with Gasteiger partial charge < -0.3 is 5.11 Å². The molecule has 1 amide bonds. The molecule has 0 fully saturated rings. The summed E-state index contributed by atoms with van der Waals surface area (Å²) in [4.78, 5) is 22.3. The topological polar surface area (TPSA) is 175 Å². The van der Waals surface area contributed by atoms with Gasteiger partial charge in [-0.1, -0.05) is 48.5 Å². The number of benzene rings is 3. The molecule has 1 aliphatic rings. The van der Waals surface area contributed by atoms with E-state index in [4.69, 9.17) is 0 Å². The summed E-state index contributed by atoms with van der Waals surface area (Å²) in [5.41, 5.74) is -0.149. The maximum atomic E-state index is 13.1. The van der Waals surface area contributed by atoms with Gasteiger partial charge in [0.15, 0.2) is 11.8 Å². The summed E-state index contributed by atoms with van der Waals surface area (Å²) in [6.07, 6.45) is 0. The van der Waals surface area contributed by atoms with Crippen molar-refractivity contribution in [1.82, 2.24) is 0 Å². The van der Waals surface area contributed by atoms with E-state index in [0.29, 0.717) is 17.3 Å². The van der Waals surface area contributed by atoms with Crippen LogP contribution in [0.4, 0.5) is 17.1 Å². The van der Waals surface area contributed by atoms with Gasteiger partial charge >= 0.3 is 0 Å². The Morgan fingerprint density at radius 2 is 1.65 bits per heavy atom. The lowest BCUT2D eigenvalue weighted by Gasteiger charge is -2.11. The zero-order chi connectivity index (χ0) is 24.5. The van der Waals surface area contributed by atoms with Gasteiger partial charge in [0, 0.05) is 17.7 Å². The fourth-order valence-electron chi connectivity index (χ4n) is 3.20. The molecule has 1 atom stereocenters. The fourth-order valence-corrected chi connectivity index (χ4v) is 3.82. The van der Waals surface area contributed by atoms with E-state index in [1.165, 1.54) is 0 Å². The van der Waals surface area contributed by atoms with Crippen LogP contribution in [0.25, 0.3) is 0 Å². The Morgan fingerprint density at radius 1 is 1.03 bits per heavy atom. The molecule has 0 aliphatic carbocycles. The highest BCUT2D eigenvalue weighted by molar-refractivity contribution is 7.86. The first-order valence-corrected chi connectivity index (χ1v) is 11.0. The maximum Gasteiger partial charge on any atom is 0.298 e. The Balaban J connectivity index is 1.80. The highest BCUT2D eigenvalue weighted by Crippen LogP contribution is 2.38. The third kappa shape index (κ3) is 4.37. The van der Waals surface area contributed by atoms with E-state index in [9.17, 15) is 33.0 Å². The minimum atomic E-state index is -5.01. The first kappa shape index (κ1) is 22.7. The molecule has 34 heavy (non-hydrogen) atoms. The summed E-state index contributed by atoms with van der Waals surface area (Å²) >= 11 is 0. The van der Waals surface area contributed by atoms with Crippen LogP contribution in [0, 0.1) is 10.1 Å². The van der Waals surface area contributed by atoms with Crippen molar-refractivity contribution in [2.24, 2.45) is 15.3 Å². The van der Waals surface area contributed by atoms with Crippen molar-refractivity contribution in [1.29, 1.82) is 0 Å². The third-order valence-electron chi connectivity index (χ3n) is 4.79. The fraction of sp³-hybridized carbons (Fsp3) is 0.0476. The lowest BCUT2D eigenvalue weighted by Crippen LogP contribution is -2.30. The average molecular weight is 481 g/mol. The number of aromatic hydroxyl groups is 1. The molecule has 0 saturated heterocycles. The molecule has 0 saturated carbocycles. The first-order chi connectivity index (χ1) is 16.2. The average Bonchev–Trinajstić information content (AvgIpc) is 3.14. The number of phenolic OH excluding ortho intramolecular Hbond substituents is 1. The summed E-state index contributed by atoms with van der Waals surface area (Å²) < 4.78 is 32.4. The monoisotopic (exact) mass is 481 g/mol. The molecule has 0 spiro atoms. The molecular weight excluding hydrogens is 466 g/mol. The lowest BCUT2D eigenvalue weighted by atomic mass is 10.0. The number of hydrazone groups is 1. The zero-order valence-corrected chi connectivity index (χ0v) is 17.9. The van der Waals surface area contributed by atoms with Crippen LogP contribution in [-0.4, -0.2) is 40.7 Å².